The number of nitro groups is 1. The Bertz CT molecular complexity index is 1340. The molecular weight excluding hydrogens is 530 g/mol. The zero-order valence-corrected chi connectivity index (χ0v) is 19.6. The predicted octanol–water partition coefficient (Wildman–Crippen LogP) is 5.15. The molecule has 34 heavy (non-hydrogen) atoms. The Hall–Kier alpha value is -3.89. The maximum Gasteiger partial charge on any atom is 0.289 e. The number of hydrogen-bond donors (Lipinski definition) is 2. The smallest absolute Gasteiger partial charge is 0.289 e. The largest absolute Gasteiger partial charge is 0.454 e. The van der Waals surface area contributed by atoms with Gasteiger partial charge in [-0.2, -0.15) is 0 Å². The van der Waals surface area contributed by atoms with E-state index in [0.29, 0.717) is 27.1 Å². The molecule has 172 valence electrons. The molecular formula is C23H15BrClN3O6. The minimum Gasteiger partial charge on any atom is -0.454 e. The first-order valence-electron chi connectivity index (χ1n) is 9.74. The number of hydrogen-bond acceptors (Lipinski definition) is 6. The predicted molar refractivity (Wildman–Crippen MR) is 129 cm³/mol. The van der Waals surface area contributed by atoms with Crippen molar-refractivity contribution in [3.05, 3.63) is 97.1 Å². The molecule has 11 heteroatoms. The molecule has 2 amide bonds. The van der Waals surface area contributed by atoms with Gasteiger partial charge in [-0.25, -0.2) is 0 Å². The molecule has 2 N–H and O–H groups in total. The summed E-state index contributed by atoms with van der Waals surface area (Å²) in [4.78, 5) is 36.5. The van der Waals surface area contributed by atoms with Gasteiger partial charge in [-0.05, 0) is 64.0 Å². The maximum absolute atomic E-state index is 13.1. The zero-order chi connectivity index (χ0) is 24.2. The van der Waals surface area contributed by atoms with E-state index in [1.165, 1.54) is 18.2 Å². The Morgan fingerprint density at radius 2 is 1.82 bits per heavy atom. The first-order valence-corrected chi connectivity index (χ1v) is 10.9. The van der Waals surface area contributed by atoms with Crippen LogP contribution in [0.4, 0.5) is 11.4 Å². The SMILES string of the molecule is O=C(Nc1ccc(Cl)c([N+](=O)[O-])c1)/C(=C/c1ccc2c(c1)OCO2)NC(=O)c1ccccc1Br. The summed E-state index contributed by atoms with van der Waals surface area (Å²) in [6.07, 6.45) is 1.45. The van der Waals surface area contributed by atoms with E-state index >= 15 is 0 Å². The van der Waals surface area contributed by atoms with Gasteiger partial charge in [0, 0.05) is 16.2 Å². The van der Waals surface area contributed by atoms with Gasteiger partial charge in [-0.3, -0.25) is 19.7 Å². The van der Waals surface area contributed by atoms with Gasteiger partial charge in [0.2, 0.25) is 6.79 Å². The normalized spacial score (nSPS) is 12.2. The molecule has 0 radical (unpaired) electrons. The quantitative estimate of drug-likeness (QED) is 0.252. The highest BCUT2D eigenvalue weighted by Gasteiger charge is 2.20. The summed E-state index contributed by atoms with van der Waals surface area (Å²) < 4.78 is 11.2. The van der Waals surface area contributed by atoms with Crippen LogP contribution in [0.15, 0.2) is 70.8 Å². The highest BCUT2D eigenvalue weighted by molar-refractivity contribution is 9.10. The van der Waals surface area contributed by atoms with E-state index in [1.807, 2.05) is 0 Å². The van der Waals surface area contributed by atoms with Crippen LogP contribution in [-0.4, -0.2) is 23.5 Å². The highest BCUT2D eigenvalue weighted by Crippen LogP contribution is 2.33. The molecule has 0 bridgehead atoms. The molecule has 4 rings (SSSR count). The Labute approximate surface area is 206 Å². The van der Waals surface area contributed by atoms with E-state index in [2.05, 4.69) is 26.6 Å². The van der Waals surface area contributed by atoms with Crippen molar-refractivity contribution in [2.75, 3.05) is 12.1 Å². The Morgan fingerprint density at radius 3 is 2.59 bits per heavy atom. The molecule has 0 spiro atoms. The number of anilines is 1. The van der Waals surface area contributed by atoms with Gasteiger partial charge in [0.1, 0.15) is 10.7 Å². The summed E-state index contributed by atoms with van der Waals surface area (Å²) >= 11 is 9.17. The molecule has 3 aromatic carbocycles. The lowest BCUT2D eigenvalue weighted by molar-refractivity contribution is -0.384. The van der Waals surface area contributed by atoms with E-state index in [4.69, 9.17) is 21.1 Å². The molecule has 0 atom stereocenters. The number of amides is 2. The zero-order valence-electron chi connectivity index (χ0n) is 17.2. The van der Waals surface area contributed by atoms with Crippen LogP contribution in [0, 0.1) is 10.1 Å². The van der Waals surface area contributed by atoms with E-state index in [-0.39, 0.29) is 28.9 Å². The average Bonchev–Trinajstić information content (AvgIpc) is 3.28. The summed E-state index contributed by atoms with van der Waals surface area (Å²) in [6, 6.07) is 15.6. The minimum absolute atomic E-state index is 0.0682. The molecule has 1 aliphatic heterocycles. The number of benzene rings is 3. The number of nitrogens with zero attached hydrogens (tertiary/aromatic N) is 1. The van der Waals surface area contributed by atoms with Crippen molar-refractivity contribution in [2.24, 2.45) is 0 Å². The minimum atomic E-state index is -0.699. The number of ether oxygens (including phenoxy) is 2. The van der Waals surface area contributed by atoms with Gasteiger partial charge in [0.25, 0.3) is 17.5 Å². The molecule has 9 nitrogen and oxygen atoms in total. The Balaban J connectivity index is 1.66. The maximum atomic E-state index is 13.1. The lowest BCUT2D eigenvalue weighted by atomic mass is 10.1. The molecule has 1 heterocycles. The van der Waals surface area contributed by atoms with Gasteiger partial charge in [0.05, 0.1) is 10.5 Å². The van der Waals surface area contributed by atoms with Crippen molar-refractivity contribution in [3.8, 4) is 11.5 Å². The third-order valence-corrected chi connectivity index (χ3v) is 5.73. The number of nitrogens with one attached hydrogen (secondary N) is 2. The fourth-order valence-corrected chi connectivity index (χ4v) is 3.74. The Kier molecular flexibility index (Phi) is 6.80. The third kappa shape index (κ3) is 5.19. The number of nitro benzene ring substituents is 1. The Morgan fingerprint density at radius 1 is 1.06 bits per heavy atom. The van der Waals surface area contributed by atoms with Crippen molar-refractivity contribution in [1.29, 1.82) is 0 Å². The topological polar surface area (TPSA) is 120 Å². The van der Waals surface area contributed by atoms with Crippen LogP contribution in [0.1, 0.15) is 15.9 Å². The standard InChI is InChI=1S/C23H15BrClN3O6/c24-16-4-2-1-3-15(16)22(29)27-18(9-13-5-8-20-21(10-13)34-12-33-20)23(30)26-14-6-7-17(25)19(11-14)28(31)32/h1-11H,12H2,(H,26,30)(H,27,29)/b18-9-. The second kappa shape index (κ2) is 9.94. The fraction of sp³-hybridized carbons (Fsp3) is 0.0435. The molecule has 0 unspecified atom stereocenters. The summed E-state index contributed by atoms with van der Waals surface area (Å²) in [5.41, 5.74) is 0.543. The van der Waals surface area contributed by atoms with Gasteiger partial charge < -0.3 is 20.1 Å². The third-order valence-electron chi connectivity index (χ3n) is 4.72. The second-order valence-electron chi connectivity index (χ2n) is 6.98. The lowest BCUT2D eigenvalue weighted by Crippen LogP contribution is -2.31. The molecule has 0 saturated heterocycles. The average molecular weight is 545 g/mol. The summed E-state index contributed by atoms with van der Waals surface area (Å²) in [6.45, 7) is 0.0873. The summed E-state index contributed by atoms with van der Waals surface area (Å²) in [5.74, 6) is -0.167. The van der Waals surface area contributed by atoms with Gasteiger partial charge in [0.15, 0.2) is 11.5 Å². The number of rotatable bonds is 6. The van der Waals surface area contributed by atoms with Crippen molar-refractivity contribution in [3.63, 3.8) is 0 Å². The van der Waals surface area contributed by atoms with Crippen LogP contribution in [-0.2, 0) is 4.79 Å². The number of carbonyl (C=O) groups excluding carboxylic acids is 2. The first-order chi connectivity index (χ1) is 16.3. The van der Waals surface area contributed by atoms with Crippen molar-refractivity contribution >= 4 is 56.8 Å². The molecule has 0 fully saturated rings. The summed E-state index contributed by atoms with van der Waals surface area (Å²) in [5, 5.41) is 16.3. The van der Waals surface area contributed by atoms with E-state index < -0.39 is 16.7 Å². The molecule has 0 saturated carbocycles. The summed E-state index contributed by atoms with van der Waals surface area (Å²) in [7, 11) is 0. The van der Waals surface area contributed by atoms with E-state index in [9.17, 15) is 19.7 Å². The van der Waals surface area contributed by atoms with Gasteiger partial charge in [-0.1, -0.05) is 29.8 Å². The van der Waals surface area contributed by atoms with Crippen molar-refractivity contribution < 1.29 is 24.0 Å². The number of carbonyl (C=O) groups is 2. The van der Waals surface area contributed by atoms with Crippen molar-refractivity contribution in [1.82, 2.24) is 5.32 Å². The first kappa shape index (κ1) is 23.3. The van der Waals surface area contributed by atoms with E-state index in [0.717, 1.165) is 6.07 Å². The highest BCUT2D eigenvalue weighted by atomic mass is 79.9. The number of fused-ring (bicyclic) bond motifs is 1. The van der Waals surface area contributed by atoms with Crippen molar-refractivity contribution in [2.45, 2.75) is 0 Å². The lowest BCUT2D eigenvalue weighted by Gasteiger charge is -2.12. The van der Waals surface area contributed by atoms with Crippen LogP contribution in [0.2, 0.25) is 5.02 Å². The molecule has 3 aromatic rings. The molecule has 0 aliphatic carbocycles. The van der Waals surface area contributed by atoms with Gasteiger partial charge in [-0.15, -0.1) is 0 Å². The molecule has 0 aromatic heterocycles. The monoisotopic (exact) mass is 543 g/mol. The van der Waals surface area contributed by atoms with Gasteiger partial charge >= 0.3 is 0 Å². The van der Waals surface area contributed by atoms with Crippen LogP contribution in [0.25, 0.3) is 6.08 Å². The van der Waals surface area contributed by atoms with Crippen LogP contribution >= 0.6 is 27.5 Å². The second-order valence-corrected chi connectivity index (χ2v) is 8.24. The van der Waals surface area contributed by atoms with Crippen LogP contribution < -0.4 is 20.1 Å². The van der Waals surface area contributed by atoms with Crippen LogP contribution in [0.3, 0.4) is 0 Å². The fourth-order valence-electron chi connectivity index (χ4n) is 3.09. The molecule has 1 aliphatic rings. The van der Waals surface area contributed by atoms with Crippen LogP contribution in [0.5, 0.6) is 11.5 Å². The number of halogens is 2. The van der Waals surface area contributed by atoms with E-state index in [1.54, 1.807) is 42.5 Å².